The molecule has 0 spiro atoms. The molecule has 2 aliphatic rings. The minimum atomic E-state index is 0.159. The Kier molecular flexibility index (Phi) is 6.67. The predicted molar refractivity (Wildman–Crippen MR) is 95.9 cm³/mol. The zero-order chi connectivity index (χ0) is 16.6. The third-order valence-corrected chi connectivity index (χ3v) is 5.23. The Morgan fingerprint density at radius 3 is 2.75 bits per heavy atom. The standard InChI is InChI=1S/C20H30N2O2/c23-20(18-10-14-24-15-11-18)21-19-9-5-13-22(16-19)12-4-8-17-6-2-1-3-7-17/h1-3,6-7,18-19H,4-5,8-16H2,(H,21,23). The molecule has 0 saturated carbocycles. The fourth-order valence-corrected chi connectivity index (χ4v) is 3.81. The number of nitrogens with zero attached hydrogens (tertiary/aromatic N) is 1. The number of amides is 1. The first-order chi connectivity index (χ1) is 11.8. The molecule has 132 valence electrons. The van der Waals surface area contributed by atoms with Crippen LogP contribution in [0.5, 0.6) is 0 Å². The van der Waals surface area contributed by atoms with Crippen LogP contribution in [0.2, 0.25) is 0 Å². The van der Waals surface area contributed by atoms with Crippen LogP contribution in [0.3, 0.4) is 0 Å². The van der Waals surface area contributed by atoms with Crippen molar-refractivity contribution in [2.45, 2.75) is 44.6 Å². The Balaban J connectivity index is 1.38. The second kappa shape index (κ2) is 9.19. The molecule has 4 nitrogen and oxygen atoms in total. The highest BCUT2D eigenvalue weighted by Gasteiger charge is 2.26. The van der Waals surface area contributed by atoms with Crippen molar-refractivity contribution in [1.82, 2.24) is 10.2 Å². The van der Waals surface area contributed by atoms with Crippen molar-refractivity contribution in [2.24, 2.45) is 5.92 Å². The smallest absolute Gasteiger partial charge is 0.223 e. The van der Waals surface area contributed by atoms with Crippen molar-refractivity contribution in [3.63, 3.8) is 0 Å². The van der Waals surface area contributed by atoms with Crippen molar-refractivity contribution in [2.75, 3.05) is 32.8 Å². The molecule has 1 aromatic rings. The van der Waals surface area contributed by atoms with E-state index in [4.69, 9.17) is 4.74 Å². The van der Waals surface area contributed by atoms with Crippen LogP contribution in [-0.4, -0.2) is 49.7 Å². The second-order valence-electron chi connectivity index (χ2n) is 7.12. The number of rotatable bonds is 6. The van der Waals surface area contributed by atoms with E-state index in [2.05, 4.69) is 40.5 Å². The van der Waals surface area contributed by atoms with Gasteiger partial charge in [-0.05, 0) is 57.2 Å². The molecule has 2 fully saturated rings. The van der Waals surface area contributed by atoms with E-state index in [0.717, 1.165) is 52.0 Å². The van der Waals surface area contributed by atoms with Gasteiger partial charge in [0.2, 0.25) is 5.91 Å². The summed E-state index contributed by atoms with van der Waals surface area (Å²) in [5.74, 6) is 0.404. The van der Waals surface area contributed by atoms with Gasteiger partial charge in [0, 0.05) is 31.7 Å². The third kappa shape index (κ3) is 5.32. The molecule has 1 unspecified atom stereocenters. The zero-order valence-electron chi connectivity index (χ0n) is 14.6. The van der Waals surface area contributed by atoms with Gasteiger partial charge >= 0.3 is 0 Å². The lowest BCUT2D eigenvalue weighted by molar-refractivity contribution is -0.128. The Labute approximate surface area is 145 Å². The first-order valence-electron chi connectivity index (χ1n) is 9.45. The van der Waals surface area contributed by atoms with Gasteiger partial charge in [-0.15, -0.1) is 0 Å². The van der Waals surface area contributed by atoms with E-state index in [-0.39, 0.29) is 11.8 Å². The molecule has 1 atom stereocenters. The molecule has 1 N–H and O–H groups in total. The van der Waals surface area contributed by atoms with Gasteiger partial charge in [0.05, 0.1) is 0 Å². The number of nitrogens with one attached hydrogen (secondary N) is 1. The number of piperidine rings is 1. The number of carbonyl (C=O) groups is 1. The van der Waals surface area contributed by atoms with Gasteiger partial charge in [0.25, 0.3) is 0 Å². The predicted octanol–water partition coefficient (Wildman–Crippen LogP) is 2.63. The maximum Gasteiger partial charge on any atom is 0.223 e. The Bertz CT molecular complexity index is 500. The Hall–Kier alpha value is -1.39. The van der Waals surface area contributed by atoms with Crippen molar-refractivity contribution < 1.29 is 9.53 Å². The number of carbonyl (C=O) groups excluding carboxylic acids is 1. The Morgan fingerprint density at radius 1 is 1.17 bits per heavy atom. The highest BCUT2D eigenvalue weighted by molar-refractivity contribution is 5.79. The van der Waals surface area contributed by atoms with Crippen molar-refractivity contribution in [1.29, 1.82) is 0 Å². The van der Waals surface area contributed by atoms with Gasteiger partial charge in [0.15, 0.2) is 0 Å². The van der Waals surface area contributed by atoms with Crippen LogP contribution in [-0.2, 0) is 16.0 Å². The van der Waals surface area contributed by atoms with Crippen LogP contribution < -0.4 is 5.32 Å². The number of likely N-dealkylation sites (tertiary alicyclic amines) is 1. The summed E-state index contributed by atoms with van der Waals surface area (Å²) in [4.78, 5) is 14.9. The molecule has 0 aromatic heterocycles. The number of aryl methyl sites for hydroxylation is 1. The SMILES string of the molecule is O=C(NC1CCCN(CCCc2ccccc2)C1)C1CCOCC1. The molecular formula is C20H30N2O2. The first kappa shape index (κ1) is 17.4. The summed E-state index contributed by atoms with van der Waals surface area (Å²) in [6.45, 7) is 4.75. The summed E-state index contributed by atoms with van der Waals surface area (Å²) in [6, 6.07) is 11.0. The van der Waals surface area contributed by atoms with Crippen LogP contribution in [0.15, 0.2) is 30.3 Å². The average Bonchev–Trinajstić information content (AvgIpc) is 2.64. The molecule has 0 radical (unpaired) electrons. The van der Waals surface area contributed by atoms with Crippen molar-refractivity contribution in [3.8, 4) is 0 Å². The molecule has 2 heterocycles. The topological polar surface area (TPSA) is 41.6 Å². The van der Waals surface area contributed by atoms with E-state index in [1.807, 2.05) is 0 Å². The van der Waals surface area contributed by atoms with E-state index < -0.39 is 0 Å². The molecule has 0 bridgehead atoms. The molecule has 0 aliphatic carbocycles. The van der Waals surface area contributed by atoms with Gasteiger partial charge < -0.3 is 15.0 Å². The van der Waals surface area contributed by atoms with Gasteiger partial charge in [-0.3, -0.25) is 4.79 Å². The van der Waals surface area contributed by atoms with Crippen molar-refractivity contribution in [3.05, 3.63) is 35.9 Å². The number of benzene rings is 1. The summed E-state index contributed by atoms with van der Waals surface area (Å²) in [7, 11) is 0. The Morgan fingerprint density at radius 2 is 1.96 bits per heavy atom. The van der Waals surface area contributed by atoms with Crippen molar-refractivity contribution >= 4 is 5.91 Å². The highest BCUT2D eigenvalue weighted by Crippen LogP contribution is 2.17. The van der Waals surface area contributed by atoms with E-state index in [9.17, 15) is 4.79 Å². The van der Waals surface area contributed by atoms with E-state index in [0.29, 0.717) is 6.04 Å². The molecular weight excluding hydrogens is 300 g/mol. The van der Waals surface area contributed by atoms with Crippen LogP contribution in [0.25, 0.3) is 0 Å². The largest absolute Gasteiger partial charge is 0.381 e. The quantitative estimate of drug-likeness (QED) is 0.872. The van der Waals surface area contributed by atoms with Gasteiger partial charge in [-0.1, -0.05) is 30.3 Å². The molecule has 2 aliphatic heterocycles. The summed E-state index contributed by atoms with van der Waals surface area (Å²) in [5.41, 5.74) is 1.42. The molecule has 3 rings (SSSR count). The minimum Gasteiger partial charge on any atom is -0.381 e. The maximum atomic E-state index is 12.4. The number of hydrogen-bond donors (Lipinski definition) is 1. The van der Waals surface area contributed by atoms with E-state index in [1.165, 1.54) is 24.9 Å². The van der Waals surface area contributed by atoms with Crippen LogP contribution in [0, 0.1) is 5.92 Å². The molecule has 2 saturated heterocycles. The normalized spacial score (nSPS) is 23.1. The highest BCUT2D eigenvalue weighted by atomic mass is 16.5. The molecule has 1 amide bonds. The number of hydrogen-bond acceptors (Lipinski definition) is 3. The summed E-state index contributed by atoms with van der Waals surface area (Å²) >= 11 is 0. The lowest BCUT2D eigenvalue weighted by atomic mass is 9.97. The van der Waals surface area contributed by atoms with E-state index >= 15 is 0 Å². The zero-order valence-corrected chi connectivity index (χ0v) is 14.6. The van der Waals surface area contributed by atoms with Gasteiger partial charge in [-0.25, -0.2) is 0 Å². The van der Waals surface area contributed by atoms with Crippen LogP contribution >= 0.6 is 0 Å². The van der Waals surface area contributed by atoms with E-state index in [1.54, 1.807) is 0 Å². The monoisotopic (exact) mass is 330 g/mol. The summed E-state index contributed by atoms with van der Waals surface area (Å²) < 4.78 is 5.35. The van der Waals surface area contributed by atoms with Crippen LogP contribution in [0.4, 0.5) is 0 Å². The summed E-state index contributed by atoms with van der Waals surface area (Å²) in [6.07, 6.45) is 6.37. The van der Waals surface area contributed by atoms with Crippen LogP contribution in [0.1, 0.15) is 37.7 Å². The fraction of sp³-hybridized carbons (Fsp3) is 0.650. The minimum absolute atomic E-state index is 0.159. The maximum absolute atomic E-state index is 12.4. The lowest BCUT2D eigenvalue weighted by Crippen LogP contribution is -2.49. The van der Waals surface area contributed by atoms with Gasteiger partial charge in [-0.2, -0.15) is 0 Å². The second-order valence-corrected chi connectivity index (χ2v) is 7.12. The molecule has 1 aromatic carbocycles. The lowest BCUT2D eigenvalue weighted by Gasteiger charge is -2.34. The number of ether oxygens (including phenoxy) is 1. The van der Waals surface area contributed by atoms with Gasteiger partial charge in [0.1, 0.15) is 0 Å². The third-order valence-electron chi connectivity index (χ3n) is 5.23. The summed E-state index contributed by atoms with van der Waals surface area (Å²) in [5, 5.41) is 3.29. The first-order valence-corrected chi connectivity index (χ1v) is 9.45. The fourth-order valence-electron chi connectivity index (χ4n) is 3.81. The average molecular weight is 330 g/mol. The molecule has 24 heavy (non-hydrogen) atoms. The molecule has 4 heteroatoms.